The lowest BCUT2D eigenvalue weighted by molar-refractivity contribution is 0.121. The molecule has 1 aliphatic rings. The molecule has 1 unspecified atom stereocenters. The normalized spacial score (nSPS) is 26.1. The van der Waals surface area contributed by atoms with Gasteiger partial charge in [-0.15, -0.1) is 0 Å². The Hall–Kier alpha value is -0.0400. The minimum atomic E-state index is 0.803. The van der Waals surface area contributed by atoms with E-state index in [2.05, 4.69) is 6.92 Å². The van der Waals surface area contributed by atoms with E-state index in [4.69, 9.17) is 4.74 Å². The second-order valence-electron chi connectivity index (χ2n) is 2.68. The van der Waals surface area contributed by atoms with Crippen molar-refractivity contribution >= 4 is 0 Å². The molecule has 62 valence electrons. The van der Waals surface area contributed by atoms with Crippen molar-refractivity contribution in [3.05, 3.63) is 0 Å². The van der Waals surface area contributed by atoms with Crippen molar-refractivity contribution in [2.45, 2.75) is 40.0 Å². The Kier molecular flexibility index (Phi) is 7.04. The maximum atomic E-state index is 5.31. The number of ether oxygens (including phenoxy) is 1. The van der Waals surface area contributed by atoms with Gasteiger partial charge in [-0.3, -0.25) is 0 Å². The predicted molar refractivity (Wildman–Crippen MR) is 45.2 cm³/mol. The molecular weight excluding hydrogens is 124 g/mol. The zero-order chi connectivity index (χ0) is 7.82. The van der Waals surface area contributed by atoms with Crippen molar-refractivity contribution in [3.63, 3.8) is 0 Å². The Morgan fingerprint density at radius 2 is 1.90 bits per heavy atom. The third kappa shape index (κ3) is 4.80. The van der Waals surface area contributed by atoms with Gasteiger partial charge in [0.25, 0.3) is 0 Å². The average molecular weight is 144 g/mol. The SMILES string of the molecule is CC.CC1CCCCOC1. The topological polar surface area (TPSA) is 9.23 Å². The van der Waals surface area contributed by atoms with Gasteiger partial charge in [-0.25, -0.2) is 0 Å². The molecule has 1 heterocycles. The van der Waals surface area contributed by atoms with Gasteiger partial charge >= 0.3 is 0 Å². The molecule has 0 aromatic carbocycles. The molecule has 0 aliphatic carbocycles. The molecule has 10 heavy (non-hydrogen) atoms. The van der Waals surface area contributed by atoms with Crippen LogP contribution in [-0.2, 0) is 4.74 Å². The Morgan fingerprint density at radius 3 is 2.60 bits per heavy atom. The van der Waals surface area contributed by atoms with Crippen LogP contribution in [0.25, 0.3) is 0 Å². The van der Waals surface area contributed by atoms with Gasteiger partial charge < -0.3 is 4.74 Å². The van der Waals surface area contributed by atoms with E-state index in [1.165, 1.54) is 19.3 Å². The standard InChI is InChI=1S/C7H14O.C2H6/c1-7-4-2-3-5-8-6-7;1-2/h7H,2-6H2,1H3;1-2H3. The highest BCUT2D eigenvalue weighted by atomic mass is 16.5. The van der Waals surface area contributed by atoms with E-state index in [1.807, 2.05) is 13.8 Å². The molecule has 0 amide bonds. The molecule has 1 nitrogen and oxygen atoms in total. The summed E-state index contributed by atoms with van der Waals surface area (Å²) >= 11 is 0. The maximum absolute atomic E-state index is 5.31. The molecule has 0 N–H and O–H groups in total. The molecule has 1 rings (SSSR count). The Bertz CT molecular complexity index is 53.7. The highest BCUT2D eigenvalue weighted by Gasteiger charge is 2.05. The van der Waals surface area contributed by atoms with E-state index < -0.39 is 0 Å². The molecule has 1 saturated heterocycles. The van der Waals surface area contributed by atoms with Crippen LogP contribution in [0.4, 0.5) is 0 Å². The molecule has 0 saturated carbocycles. The van der Waals surface area contributed by atoms with Crippen LogP contribution in [0.5, 0.6) is 0 Å². The molecule has 0 aromatic rings. The highest BCUT2D eigenvalue weighted by Crippen LogP contribution is 2.11. The molecule has 0 aromatic heterocycles. The fourth-order valence-corrected chi connectivity index (χ4v) is 1.06. The van der Waals surface area contributed by atoms with Gasteiger partial charge in [-0.1, -0.05) is 27.2 Å². The number of hydrogen-bond donors (Lipinski definition) is 0. The summed E-state index contributed by atoms with van der Waals surface area (Å²) in [7, 11) is 0. The fraction of sp³-hybridized carbons (Fsp3) is 1.00. The summed E-state index contributed by atoms with van der Waals surface area (Å²) in [5, 5.41) is 0. The number of hydrogen-bond acceptors (Lipinski definition) is 1. The van der Waals surface area contributed by atoms with Gasteiger partial charge in [-0.2, -0.15) is 0 Å². The summed E-state index contributed by atoms with van der Waals surface area (Å²) in [6.45, 7) is 8.23. The number of rotatable bonds is 0. The van der Waals surface area contributed by atoms with Crippen molar-refractivity contribution < 1.29 is 4.74 Å². The van der Waals surface area contributed by atoms with Crippen LogP contribution in [0.2, 0.25) is 0 Å². The summed E-state index contributed by atoms with van der Waals surface area (Å²) in [5.74, 6) is 0.803. The Balaban J connectivity index is 0.000000371. The predicted octanol–water partition coefficient (Wildman–Crippen LogP) is 2.85. The van der Waals surface area contributed by atoms with Crippen LogP contribution in [0.3, 0.4) is 0 Å². The van der Waals surface area contributed by atoms with Gasteiger partial charge in [0.1, 0.15) is 0 Å². The first-order chi connectivity index (χ1) is 4.89. The zero-order valence-corrected chi connectivity index (χ0v) is 7.52. The lowest BCUT2D eigenvalue weighted by atomic mass is 10.1. The first kappa shape index (κ1) is 9.96. The van der Waals surface area contributed by atoms with Crippen LogP contribution >= 0.6 is 0 Å². The van der Waals surface area contributed by atoms with E-state index in [1.54, 1.807) is 0 Å². The van der Waals surface area contributed by atoms with E-state index in [9.17, 15) is 0 Å². The van der Waals surface area contributed by atoms with Gasteiger partial charge in [0, 0.05) is 13.2 Å². The first-order valence-electron chi connectivity index (χ1n) is 4.47. The fourth-order valence-electron chi connectivity index (χ4n) is 1.06. The first-order valence-corrected chi connectivity index (χ1v) is 4.47. The second-order valence-corrected chi connectivity index (χ2v) is 2.68. The van der Waals surface area contributed by atoms with E-state index >= 15 is 0 Å². The molecule has 0 spiro atoms. The van der Waals surface area contributed by atoms with Crippen molar-refractivity contribution in [3.8, 4) is 0 Å². The van der Waals surface area contributed by atoms with Gasteiger partial charge in [-0.05, 0) is 18.8 Å². The third-order valence-corrected chi connectivity index (χ3v) is 1.64. The summed E-state index contributed by atoms with van der Waals surface area (Å²) in [6.07, 6.45) is 3.99. The van der Waals surface area contributed by atoms with Gasteiger partial charge in [0.05, 0.1) is 0 Å². The lowest BCUT2D eigenvalue weighted by Crippen LogP contribution is -2.00. The molecule has 1 heteroatoms. The van der Waals surface area contributed by atoms with Crippen LogP contribution in [0, 0.1) is 5.92 Å². The van der Waals surface area contributed by atoms with Crippen molar-refractivity contribution in [1.82, 2.24) is 0 Å². The van der Waals surface area contributed by atoms with Crippen LogP contribution in [0.15, 0.2) is 0 Å². The molecule has 1 fully saturated rings. The minimum absolute atomic E-state index is 0.803. The van der Waals surface area contributed by atoms with Crippen molar-refractivity contribution in [1.29, 1.82) is 0 Å². The average Bonchev–Trinajstić information content (AvgIpc) is 2.21. The van der Waals surface area contributed by atoms with Crippen molar-refractivity contribution in [2.75, 3.05) is 13.2 Å². The van der Waals surface area contributed by atoms with E-state index in [0.717, 1.165) is 19.1 Å². The molecular formula is C9H20O. The molecule has 1 atom stereocenters. The Morgan fingerprint density at radius 1 is 1.20 bits per heavy atom. The Labute approximate surface area is 64.8 Å². The quantitative estimate of drug-likeness (QED) is 0.508. The summed E-state index contributed by atoms with van der Waals surface area (Å²) in [6, 6.07) is 0. The zero-order valence-electron chi connectivity index (χ0n) is 7.52. The summed E-state index contributed by atoms with van der Waals surface area (Å²) in [4.78, 5) is 0. The van der Waals surface area contributed by atoms with Crippen LogP contribution in [-0.4, -0.2) is 13.2 Å². The van der Waals surface area contributed by atoms with Gasteiger partial charge in [0.15, 0.2) is 0 Å². The van der Waals surface area contributed by atoms with E-state index in [-0.39, 0.29) is 0 Å². The molecule has 1 aliphatic heterocycles. The lowest BCUT2D eigenvalue weighted by Gasteiger charge is -2.03. The summed E-state index contributed by atoms with van der Waals surface area (Å²) in [5.41, 5.74) is 0. The smallest absolute Gasteiger partial charge is 0.0491 e. The van der Waals surface area contributed by atoms with E-state index in [0.29, 0.717) is 0 Å². The highest BCUT2D eigenvalue weighted by molar-refractivity contribution is 4.55. The summed E-state index contributed by atoms with van der Waals surface area (Å²) < 4.78 is 5.31. The second kappa shape index (κ2) is 7.07. The maximum Gasteiger partial charge on any atom is 0.0491 e. The largest absolute Gasteiger partial charge is 0.381 e. The van der Waals surface area contributed by atoms with Crippen LogP contribution in [0.1, 0.15) is 40.0 Å². The molecule has 0 bridgehead atoms. The van der Waals surface area contributed by atoms with Crippen molar-refractivity contribution in [2.24, 2.45) is 5.92 Å². The minimum Gasteiger partial charge on any atom is -0.381 e. The molecule has 0 radical (unpaired) electrons. The van der Waals surface area contributed by atoms with Crippen LogP contribution < -0.4 is 0 Å². The third-order valence-electron chi connectivity index (χ3n) is 1.64. The van der Waals surface area contributed by atoms with Gasteiger partial charge in [0.2, 0.25) is 0 Å². The monoisotopic (exact) mass is 144 g/mol.